The van der Waals surface area contributed by atoms with Crippen LogP contribution in [0.2, 0.25) is 0 Å². The molecule has 0 aliphatic carbocycles. The molecule has 0 aromatic heterocycles. The van der Waals surface area contributed by atoms with Gasteiger partial charge in [0, 0.05) is 18.8 Å². The normalized spacial score (nSPS) is 16.2. The molecule has 78 valence electrons. The van der Waals surface area contributed by atoms with Crippen molar-refractivity contribution in [3.63, 3.8) is 0 Å². The zero-order chi connectivity index (χ0) is 9.10. The van der Waals surface area contributed by atoms with Gasteiger partial charge in [0.05, 0.1) is 0 Å². The first-order chi connectivity index (χ1) is 6.36. The summed E-state index contributed by atoms with van der Waals surface area (Å²) in [5, 5.41) is 0. The summed E-state index contributed by atoms with van der Waals surface area (Å²) in [4.78, 5) is 2.26. The van der Waals surface area contributed by atoms with Crippen molar-refractivity contribution in [2.45, 2.75) is 19.3 Å². The Labute approximate surface area is 90.3 Å². The lowest BCUT2D eigenvalue weighted by molar-refractivity contribution is 0.574. The van der Waals surface area contributed by atoms with Crippen LogP contribution < -0.4 is 4.90 Å². The Bertz CT molecular complexity index is 284. The summed E-state index contributed by atoms with van der Waals surface area (Å²) < 4.78 is 12.9. The average molecular weight is 216 g/mol. The zero-order valence-electron chi connectivity index (χ0n) is 8.08. The average Bonchev–Trinajstić information content (AvgIpc) is 2.19. The highest BCUT2D eigenvalue weighted by Crippen LogP contribution is 2.19. The second-order valence-electron chi connectivity index (χ2n) is 3.53. The molecule has 1 aromatic rings. The molecular formula is C11H15ClFN. The van der Waals surface area contributed by atoms with Crippen LogP contribution in [0.3, 0.4) is 0 Å². The summed E-state index contributed by atoms with van der Waals surface area (Å²) in [5.41, 5.74) is 1.03. The Morgan fingerprint density at radius 3 is 2.43 bits per heavy atom. The van der Waals surface area contributed by atoms with Crippen LogP contribution in [0, 0.1) is 5.82 Å². The van der Waals surface area contributed by atoms with Gasteiger partial charge in [0.25, 0.3) is 0 Å². The quantitative estimate of drug-likeness (QED) is 0.695. The molecular weight excluding hydrogens is 201 g/mol. The monoisotopic (exact) mass is 215 g/mol. The van der Waals surface area contributed by atoms with Gasteiger partial charge in [0.15, 0.2) is 0 Å². The lowest BCUT2D eigenvalue weighted by Crippen LogP contribution is -2.29. The standard InChI is InChI=1S/C11H14FN.ClH/c12-10-5-4-6-11(9-10)13-7-2-1-3-8-13;/h4-6,9H,1-3,7-8H2;1H. The maximum Gasteiger partial charge on any atom is 0.125 e. The van der Waals surface area contributed by atoms with Crippen molar-refractivity contribution in [1.29, 1.82) is 0 Å². The maximum absolute atomic E-state index is 12.9. The van der Waals surface area contributed by atoms with E-state index in [-0.39, 0.29) is 18.2 Å². The molecule has 1 aliphatic rings. The highest BCUT2D eigenvalue weighted by Gasteiger charge is 2.10. The minimum absolute atomic E-state index is 0. The van der Waals surface area contributed by atoms with Crippen LogP contribution in [0.15, 0.2) is 24.3 Å². The maximum atomic E-state index is 12.9. The van der Waals surface area contributed by atoms with Gasteiger partial charge in [0.2, 0.25) is 0 Å². The molecule has 0 atom stereocenters. The van der Waals surface area contributed by atoms with Crippen molar-refractivity contribution in [2.75, 3.05) is 18.0 Å². The van der Waals surface area contributed by atoms with Crippen LogP contribution >= 0.6 is 12.4 Å². The molecule has 1 fully saturated rings. The molecule has 1 heterocycles. The van der Waals surface area contributed by atoms with E-state index in [1.807, 2.05) is 6.07 Å². The Morgan fingerprint density at radius 1 is 1.07 bits per heavy atom. The van der Waals surface area contributed by atoms with E-state index >= 15 is 0 Å². The number of nitrogens with zero attached hydrogens (tertiary/aromatic N) is 1. The zero-order valence-corrected chi connectivity index (χ0v) is 8.89. The highest BCUT2D eigenvalue weighted by molar-refractivity contribution is 5.85. The summed E-state index contributed by atoms with van der Waals surface area (Å²) >= 11 is 0. The third kappa shape index (κ3) is 2.61. The van der Waals surface area contributed by atoms with Gasteiger partial charge in [-0.15, -0.1) is 12.4 Å². The molecule has 14 heavy (non-hydrogen) atoms. The lowest BCUT2D eigenvalue weighted by atomic mass is 10.1. The van der Waals surface area contributed by atoms with E-state index in [1.165, 1.54) is 25.3 Å². The molecule has 1 aromatic carbocycles. The Kier molecular flexibility index (Phi) is 4.21. The number of hydrogen-bond acceptors (Lipinski definition) is 1. The molecule has 0 bridgehead atoms. The van der Waals surface area contributed by atoms with Crippen LogP contribution in [-0.2, 0) is 0 Å². The molecule has 3 heteroatoms. The van der Waals surface area contributed by atoms with E-state index in [9.17, 15) is 4.39 Å². The van der Waals surface area contributed by atoms with E-state index in [4.69, 9.17) is 0 Å². The smallest absolute Gasteiger partial charge is 0.125 e. The summed E-state index contributed by atoms with van der Waals surface area (Å²) in [5.74, 6) is -0.136. The molecule has 0 unspecified atom stereocenters. The van der Waals surface area contributed by atoms with Gasteiger partial charge < -0.3 is 4.90 Å². The number of hydrogen-bond donors (Lipinski definition) is 0. The van der Waals surface area contributed by atoms with Crippen molar-refractivity contribution in [1.82, 2.24) is 0 Å². The van der Waals surface area contributed by atoms with Gasteiger partial charge >= 0.3 is 0 Å². The largest absolute Gasteiger partial charge is 0.371 e. The summed E-state index contributed by atoms with van der Waals surface area (Å²) in [7, 11) is 0. The van der Waals surface area contributed by atoms with E-state index in [2.05, 4.69) is 4.90 Å². The minimum atomic E-state index is -0.136. The summed E-state index contributed by atoms with van der Waals surface area (Å²) in [6.45, 7) is 2.15. The Hall–Kier alpha value is -0.760. The van der Waals surface area contributed by atoms with E-state index < -0.39 is 0 Å². The summed E-state index contributed by atoms with van der Waals surface area (Å²) in [6.07, 6.45) is 3.78. The second kappa shape index (κ2) is 5.20. The molecule has 0 spiro atoms. The van der Waals surface area contributed by atoms with Crippen molar-refractivity contribution < 1.29 is 4.39 Å². The van der Waals surface area contributed by atoms with Gasteiger partial charge in [-0.05, 0) is 37.5 Å². The van der Waals surface area contributed by atoms with E-state index in [0.29, 0.717) is 0 Å². The second-order valence-corrected chi connectivity index (χ2v) is 3.53. The van der Waals surface area contributed by atoms with Gasteiger partial charge in [-0.1, -0.05) is 6.07 Å². The number of piperidine rings is 1. The molecule has 0 saturated carbocycles. The van der Waals surface area contributed by atoms with Crippen molar-refractivity contribution in [2.24, 2.45) is 0 Å². The van der Waals surface area contributed by atoms with E-state index in [1.54, 1.807) is 12.1 Å². The fourth-order valence-electron chi connectivity index (χ4n) is 1.82. The molecule has 1 nitrogen and oxygen atoms in total. The first-order valence-corrected chi connectivity index (χ1v) is 4.87. The van der Waals surface area contributed by atoms with Crippen LogP contribution in [-0.4, -0.2) is 13.1 Å². The van der Waals surface area contributed by atoms with Crippen molar-refractivity contribution >= 4 is 18.1 Å². The first-order valence-electron chi connectivity index (χ1n) is 4.87. The topological polar surface area (TPSA) is 3.24 Å². The van der Waals surface area contributed by atoms with Crippen LogP contribution in [0.4, 0.5) is 10.1 Å². The lowest BCUT2D eigenvalue weighted by Gasteiger charge is -2.28. The van der Waals surface area contributed by atoms with Crippen LogP contribution in [0.5, 0.6) is 0 Å². The summed E-state index contributed by atoms with van der Waals surface area (Å²) in [6, 6.07) is 6.87. The van der Waals surface area contributed by atoms with Crippen LogP contribution in [0.1, 0.15) is 19.3 Å². The molecule has 2 rings (SSSR count). The molecule has 1 saturated heterocycles. The van der Waals surface area contributed by atoms with Gasteiger partial charge in [0.1, 0.15) is 5.82 Å². The number of halogens is 2. The SMILES string of the molecule is Cl.Fc1cccc(N2CCCCC2)c1. The van der Waals surface area contributed by atoms with Crippen molar-refractivity contribution in [3.8, 4) is 0 Å². The van der Waals surface area contributed by atoms with Crippen molar-refractivity contribution in [3.05, 3.63) is 30.1 Å². The fraction of sp³-hybridized carbons (Fsp3) is 0.455. The number of anilines is 1. The van der Waals surface area contributed by atoms with Crippen LogP contribution in [0.25, 0.3) is 0 Å². The molecule has 0 amide bonds. The Morgan fingerprint density at radius 2 is 1.79 bits per heavy atom. The third-order valence-corrected chi connectivity index (χ3v) is 2.53. The molecule has 1 aliphatic heterocycles. The predicted octanol–water partition coefficient (Wildman–Crippen LogP) is 3.24. The minimum Gasteiger partial charge on any atom is -0.371 e. The predicted molar refractivity (Wildman–Crippen MR) is 59.7 cm³/mol. The molecule has 0 radical (unpaired) electrons. The number of benzene rings is 1. The van der Waals surface area contributed by atoms with Gasteiger partial charge in [-0.3, -0.25) is 0 Å². The first kappa shape index (κ1) is 11.3. The highest BCUT2D eigenvalue weighted by atomic mass is 35.5. The molecule has 0 N–H and O–H groups in total. The van der Waals surface area contributed by atoms with Gasteiger partial charge in [-0.25, -0.2) is 4.39 Å². The number of rotatable bonds is 1. The van der Waals surface area contributed by atoms with Gasteiger partial charge in [-0.2, -0.15) is 0 Å². The Balaban J connectivity index is 0.000000980. The van der Waals surface area contributed by atoms with E-state index in [0.717, 1.165) is 18.8 Å². The third-order valence-electron chi connectivity index (χ3n) is 2.53. The fourth-order valence-corrected chi connectivity index (χ4v) is 1.82.